The zero-order valence-electron chi connectivity index (χ0n) is 26.2. The molecule has 3 aliphatic heterocycles. The summed E-state index contributed by atoms with van der Waals surface area (Å²) < 4.78 is 12.5. The minimum atomic E-state index is -0.105. The molecule has 47 heavy (non-hydrogen) atoms. The molecule has 5 aromatic rings. The first kappa shape index (κ1) is 28.6. The van der Waals surface area contributed by atoms with Crippen molar-refractivity contribution in [3.05, 3.63) is 143 Å². The van der Waals surface area contributed by atoms with Gasteiger partial charge < -0.3 is 19.7 Å². The maximum atomic E-state index is 13.4. The molecule has 8 rings (SSSR count). The van der Waals surface area contributed by atoms with Crippen molar-refractivity contribution >= 4 is 41.1 Å². The van der Waals surface area contributed by atoms with Crippen LogP contribution in [0.25, 0.3) is 5.70 Å². The van der Waals surface area contributed by atoms with Crippen molar-refractivity contribution in [2.45, 2.75) is 32.5 Å². The zero-order valence-corrected chi connectivity index (χ0v) is 26.2. The van der Waals surface area contributed by atoms with Crippen LogP contribution in [0.4, 0.5) is 22.7 Å². The summed E-state index contributed by atoms with van der Waals surface area (Å²) >= 11 is 0. The molecule has 0 unspecified atom stereocenters. The molecular weight excluding hydrogens is 584 g/mol. The van der Waals surface area contributed by atoms with E-state index in [0.29, 0.717) is 29.4 Å². The van der Waals surface area contributed by atoms with E-state index in [1.807, 2.05) is 78.6 Å². The van der Waals surface area contributed by atoms with Crippen molar-refractivity contribution in [1.82, 2.24) is 0 Å². The second-order valence-corrected chi connectivity index (χ2v) is 12.2. The van der Waals surface area contributed by atoms with Gasteiger partial charge >= 0.3 is 0 Å². The fourth-order valence-electron chi connectivity index (χ4n) is 6.96. The van der Waals surface area contributed by atoms with Gasteiger partial charge in [-0.25, -0.2) is 0 Å². The Kier molecular flexibility index (Phi) is 7.02. The molecule has 7 nitrogen and oxygen atoms in total. The van der Waals surface area contributed by atoms with Crippen molar-refractivity contribution < 1.29 is 14.3 Å². The number of carbonyl (C=O) groups is 1. The number of ether oxygens (including phenoxy) is 2. The normalized spacial score (nSPS) is 15.7. The molecule has 0 radical (unpaired) electrons. The van der Waals surface area contributed by atoms with Gasteiger partial charge in [0.1, 0.15) is 30.0 Å². The molecule has 0 aromatic heterocycles. The average molecular weight is 619 g/mol. The Morgan fingerprint density at radius 2 is 1.68 bits per heavy atom. The molecule has 232 valence electrons. The fourth-order valence-corrected chi connectivity index (χ4v) is 6.96. The monoisotopic (exact) mass is 618 g/mol. The maximum Gasteiger partial charge on any atom is 0.262 e. The van der Waals surface area contributed by atoms with Crippen LogP contribution in [0.2, 0.25) is 0 Å². The summed E-state index contributed by atoms with van der Waals surface area (Å²) in [6, 6.07) is 34.0. The standard InChI is InChI=1S/C40H34N4O3/c1-25-18-27(24-46-30-12-14-33(35(22-30)41-3)26(2)43-17-16-28-8-4-6-10-37(28)43)20-32(19-25)47-31-13-15-34-36(23-31)42-39-21-29-9-5-7-11-38(29)44(39)40(34)45/h4-15,18-20,22-23,39,42H,2-3,16-17,21,24H2,1H3/t39-/m0/s1. The first-order valence-corrected chi connectivity index (χ1v) is 15.8. The highest BCUT2D eigenvalue weighted by Crippen LogP contribution is 2.41. The number of hydrogen-bond acceptors (Lipinski definition) is 6. The number of rotatable bonds is 8. The molecule has 0 saturated carbocycles. The van der Waals surface area contributed by atoms with Crippen LogP contribution in [0.15, 0.2) is 115 Å². The molecule has 1 amide bonds. The number of amides is 1. The predicted octanol–water partition coefficient (Wildman–Crippen LogP) is 8.69. The van der Waals surface area contributed by atoms with Crippen LogP contribution in [0.1, 0.15) is 38.2 Å². The van der Waals surface area contributed by atoms with Gasteiger partial charge in [0.25, 0.3) is 5.91 Å². The molecule has 3 aliphatic rings. The third-order valence-corrected chi connectivity index (χ3v) is 9.15. The Balaban J connectivity index is 0.960. The van der Waals surface area contributed by atoms with E-state index in [9.17, 15) is 4.79 Å². The first-order valence-electron chi connectivity index (χ1n) is 15.8. The molecule has 3 heterocycles. The maximum absolute atomic E-state index is 13.4. The predicted molar refractivity (Wildman–Crippen MR) is 189 cm³/mol. The highest BCUT2D eigenvalue weighted by atomic mass is 16.5. The molecule has 7 heteroatoms. The van der Waals surface area contributed by atoms with E-state index in [2.05, 4.69) is 64.9 Å². The molecule has 0 bridgehead atoms. The number of para-hydroxylation sites is 2. The van der Waals surface area contributed by atoms with E-state index in [4.69, 9.17) is 9.47 Å². The van der Waals surface area contributed by atoms with E-state index < -0.39 is 0 Å². The minimum Gasteiger partial charge on any atom is -0.489 e. The second kappa shape index (κ2) is 11.5. The number of nitrogens with zero attached hydrogens (tertiary/aromatic N) is 3. The molecule has 0 fully saturated rings. The Labute approximate surface area is 274 Å². The van der Waals surface area contributed by atoms with Crippen LogP contribution < -0.4 is 24.6 Å². The van der Waals surface area contributed by atoms with E-state index >= 15 is 0 Å². The molecule has 5 aromatic carbocycles. The molecule has 0 spiro atoms. The Bertz CT molecular complexity index is 2090. The van der Waals surface area contributed by atoms with Gasteiger partial charge in [-0.15, -0.1) is 0 Å². The van der Waals surface area contributed by atoms with Crippen LogP contribution in [0.3, 0.4) is 0 Å². The van der Waals surface area contributed by atoms with E-state index in [1.165, 1.54) is 16.8 Å². The number of fused-ring (bicyclic) bond motifs is 5. The highest BCUT2D eigenvalue weighted by Gasteiger charge is 2.39. The number of anilines is 3. The van der Waals surface area contributed by atoms with Gasteiger partial charge in [0.2, 0.25) is 0 Å². The number of carbonyl (C=O) groups excluding carboxylic acids is 1. The SMILES string of the molecule is C=Nc1cc(OCc2cc(C)cc(Oc3ccc4c(c3)N[C@@H]3Cc5ccccc5N3C4=O)c2)ccc1C(=C)N1CCc2ccccc21. The van der Waals surface area contributed by atoms with Crippen LogP contribution in [-0.4, -0.2) is 25.3 Å². The van der Waals surface area contributed by atoms with E-state index in [0.717, 1.165) is 58.8 Å². The van der Waals surface area contributed by atoms with Crippen LogP contribution >= 0.6 is 0 Å². The Morgan fingerprint density at radius 1 is 0.894 bits per heavy atom. The average Bonchev–Trinajstić information content (AvgIpc) is 3.68. The molecule has 0 aliphatic carbocycles. The largest absolute Gasteiger partial charge is 0.489 e. The second-order valence-electron chi connectivity index (χ2n) is 12.2. The molecule has 1 atom stereocenters. The van der Waals surface area contributed by atoms with E-state index in [-0.39, 0.29) is 12.1 Å². The summed E-state index contributed by atoms with van der Waals surface area (Å²) in [5.41, 5.74) is 10.7. The van der Waals surface area contributed by atoms with Gasteiger partial charge in [-0.1, -0.05) is 49.0 Å². The van der Waals surface area contributed by atoms with Crippen molar-refractivity contribution in [1.29, 1.82) is 0 Å². The minimum absolute atomic E-state index is 0.00350. The summed E-state index contributed by atoms with van der Waals surface area (Å²) in [6.45, 7) is 11.5. The van der Waals surface area contributed by atoms with Gasteiger partial charge in [0, 0.05) is 47.7 Å². The molecule has 0 saturated heterocycles. The fraction of sp³-hybridized carbons (Fsp3) is 0.150. The zero-order chi connectivity index (χ0) is 32.1. The highest BCUT2D eigenvalue weighted by molar-refractivity contribution is 6.13. The number of hydrogen-bond donors (Lipinski definition) is 1. The summed E-state index contributed by atoms with van der Waals surface area (Å²) in [7, 11) is 0. The van der Waals surface area contributed by atoms with Gasteiger partial charge in [-0.05, 0) is 90.8 Å². The lowest BCUT2D eigenvalue weighted by atomic mass is 10.1. The topological polar surface area (TPSA) is 66.4 Å². The molecular formula is C40H34N4O3. The summed E-state index contributed by atoms with van der Waals surface area (Å²) in [4.78, 5) is 21.8. The quantitative estimate of drug-likeness (QED) is 0.176. The van der Waals surface area contributed by atoms with Gasteiger partial charge in [-0.3, -0.25) is 14.7 Å². The third kappa shape index (κ3) is 5.20. The number of aliphatic imine (C=N–C) groups is 1. The van der Waals surface area contributed by atoms with Crippen molar-refractivity contribution in [3.63, 3.8) is 0 Å². The summed E-state index contributed by atoms with van der Waals surface area (Å²) in [5.74, 6) is 2.06. The lowest BCUT2D eigenvalue weighted by Gasteiger charge is -2.33. The van der Waals surface area contributed by atoms with Crippen molar-refractivity contribution in [2.75, 3.05) is 21.7 Å². The van der Waals surface area contributed by atoms with Crippen molar-refractivity contribution in [2.24, 2.45) is 4.99 Å². The third-order valence-electron chi connectivity index (χ3n) is 9.15. The smallest absolute Gasteiger partial charge is 0.262 e. The first-order chi connectivity index (χ1) is 22.9. The summed E-state index contributed by atoms with van der Waals surface area (Å²) in [6.07, 6.45) is 1.65. The van der Waals surface area contributed by atoms with E-state index in [1.54, 1.807) is 0 Å². The summed E-state index contributed by atoms with van der Waals surface area (Å²) in [5, 5.41) is 3.55. The Hall–Kier alpha value is -5.82. The Morgan fingerprint density at radius 3 is 2.53 bits per heavy atom. The number of aryl methyl sites for hydroxylation is 1. The van der Waals surface area contributed by atoms with Gasteiger partial charge in [-0.2, -0.15) is 0 Å². The van der Waals surface area contributed by atoms with Crippen LogP contribution in [0.5, 0.6) is 17.2 Å². The van der Waals surface area contributed by atoms with Gasteiger partial charge in [0.15, 0.2) is 0 Å². The van der Waals surface area contributed by atoms with Crippen LogP contribution in [-0.2, 0) is 19.4 Å². The van der Waals surface area contributed by atoms with Crippen LogP contribution in [0, 0.1) is 6.92 Å². The van der Waals surface area contributed by atoms with Crippen molar-refractivity contribution in [3.8, 4) is 17.2 Å². The van der Waals surface area contributed by atoms with Gasteiger partial charge in [0.05, 0.1) is 16.9 Å². The number of nitrogens with one attached hydrogen (secondary N) is 1. The lowest BCUT2D eigenvalue weighted by Crippen LogP contribution is -2.46. The number of benzene rings is 5. The molecule has 1 N–H and O–H groups in total. The lowest BCUT2D eigenvalue weighted by molar-refractivity contribution is 0.0978.